The third-order valence-corrected chi connectivity index (χ3v) is 3.54. The number of para-hydroxylation sites is 2. The fourth-order valence-electron chi connectivity index (χ4n) is 2.37. The van der Waals surface area contributed by atoms with Crippen LogP contribution in [0.4, 0.5) is 0 Å². The zero-order valence-corrected chi connectivity index (χ0v) is 14.4. The van der Waals surface area contributed by atoms with Gasteiger partial charge in [-0.25, -0.2) is 0 Å². The fourth-order valence-corrected chi connectivity index (χ4v) is 2.37. The molecule has 0 aliphatic carbocycles. The number of benzene rings is 1. The number of amides is 1. The van der Waals surface area contributed by atoms with Crippen molar-refractivity contribution in [3.63, 3.8) is 0 Å². The number of furan rings is 1. The number of carboxylic acid groups (broad SMARTS) is 1. The van der Waals surface area contributed by atoms with Crippen LogP contribution in [0, 0.1) is 6.92 Å². The summed E-state index contributed by atoms with van der Waals surface area (Å²) in [6.45, 7) is 3.75. The van der Waals surface area contributed by atoms with E-state index in [0.717, 1.165) is 0 Å². The topological polar surface area (TPSA) is 98.0 Å². The molecule has 0 saturated heterocycles. The third kappa shape index (κ3) is 4.76. The second kappa shape index (κ2) is 8.23. The van der Waals surface area contributed by atoms with Crippen molar-refractivity contribution in [2.45, 2.75) is 26.4 Å². The Hall–Kier alpha value is -2.96. The van der Waals surface area contributed by atoms with Gasteiger partial charge >= 0.3 is 5.97 Å². The van der Waals surface area contributed by atoms with E-state index in [9.17, 15) is 9.59 Å². The first-order valence-electron chi connectivity index (χ1n) is 7.79. The Morgan fingerprint density at radius 1 is 1.28 bits per heavy atom. The summed E-state index contributed by atoms with van der Waals surface area (Å²) in [6.07, 6.45) is 0.724. The molecule has 7 heteroatoms. The van der Waals surface area contributed by atoms with Gasteiger partial charge in [0.15, 0.2) is 11.5 Å². The lowest BCUT2D eigenvalue weighted by atomic mass is 10.1. The molecule has 1 amide bonds. The Balaban J connectivity index is 1.98. The van der Waals surface area contributed by atoms with E-state index in [-0.39, 0.29) is 30.4 Å². The minimum atomic E-state index is -1.06. The van der Waals surface area contributed by atoms with Gasteiger partial charge in [0.25, 0.3) is 5.91 Å². The number of hydrogen-bond acceptors (Lipinski definition) is 5. The van der Waals surface area contributed by atoms with Gasteiger partial charge in [0.05, 0.1) is 25.5 Å². The molecule has 25 heavy (non-hydrogen) atoms. The Bertz CT molecular complexity index is 752. The number of ether oxygens (including phenoxy) is 2. The molecule has 2 rings (SSSR count). The van der Waals surface area contributed by atoms with Crippen molar-refractivity contribution in [2.24, 2.45) is 0 Å². The van der Waals surface area contributed by atoms with Crippen LogP contribution in [0.25, 0.3) is 0 Å². The molecule has 1 atom stereocenters. The number of carbonyl (C=O) groups is 2. The normalized spacial score (nSPS) is 11.6. The standard InChI is InChI=1S/C18H21NO6/c1-11-10-24-15(8-16(20)21)17(11)18(22)19-9-12(2)25-14-7-5-4-6-13(14)23-3/h4-7,10,12H,8-9H2,1-3H3,(H,19,22)(H,20,21). The summed E-state index contributed by atoms with van der Waals surface area (Å²) in [7, 11) is 1.56. The van der Waals surface area contributed by atoms with Gasteiger partial charge in [-0.3, -0.25) is 9.59 Å². The monoisotopic (exact) mass is 347 g/mol. The van der Waals surface area contributed by atoms with Crippen LogP contribution in [0.3, 0.4) is 0 Å². The molecule has 1 aromatic carbocycles. The minimum absolute atomic E-state index is 0.140. The second-order valence-electron chi connectivity index (χ2n) is 5.58. The first-order chi connectivity index (χ1) is 11.9. The van der Waals surface area contributed by atoms with E-state index in [4.69, 9.17) is 19.0 Å². The van der Waals surface area contributed by atoms with E-state index in [2.05, 4.69) is 5.32 Å². The first kappa shape index (κ1) is 18.4. The fraction of sp³-hybridized carbons (Fsp3) is 0.333. The number of rotatable bonds is 8. The molecule has 134 valence electrons. The largest absolute Gasteiger partial charge is 0.493 e. The highest BCUT2D eigenvalue weighted by Crippen LogP contribution is 2.26. The summed E-state index contributed by atoms with van der Waals surface area (Å²) >= 11 is 0. The van der Waals surface area contributed by atoms with Gasteiger partial charge in [0.1, 0.15) is 18.3 Å². The van der Waals surface area contributed by atoms with E-state index in [1.165, 1.54) is 6.26 Å². The summed E-state index contributed by atoms with van der Waals surface area (Å²) in [6, 6.07) is 7.23. The number of methoxy groups -OCH3 is 1. The van der Waals surface area contributed by atoms with Crippen LogP contribution in [-0.4, -0.2) is 36.7 Å². The minimum Gasteiger partial charge on any atom is -0.493 e. The van der Waals surface area contributed by atoms with Crippen LogP contribution < -0.4 is 14.8 Å². The summed E-state index contributed by atoms with van der Waals surface area (Å²) in [4.78, 5) is 23.2. The number of aliphatic carboxylic acids is 1. The van der Waals surface area contributed by atoms with Crippen molar-refractivity contribution < 1.29 is 28.6 Å². The van der Waals surface area contributed by atoms with E-state index in [1.807, 2.05) is 19.1 Å². The average Bonchev–Trinajstić information content (AvgIpc) is 2.93. The summed E-state index contributed by atoms with van der Waals surface area (Å²) < 4.78 is 16.2. The molecule has 0 spiro atoms. The second-order valence-corrected chi connectivity index (χ2v) is 5.58. The highest BCUT2D eigenvalue weighted by molar-refractivity contribution is 5.97. The quantitative estimate of drug-likeness (QED) is 0.761. The molecule has 0 aliphatic heterocycles. The van der Waals surface area contributed by atoms with Crippen LogP contribution in [0.15, 0.2) is 34.9 Å². The van der Waals surface area contributed by atoms with Crippen LogP contribution >= 0.6 is 0 Å². The predicted octanol–water partition coefficient (Wildman–Crippen LogP) is 2.42. The molecule has 0 fully saturated rings. The highest BCUT2D eigenvalue weighted by Gasteiger charge is 2.21. The van der Waals surface area contributed by atoms with Crippen LogP contribution in [0.2, 0.25) is 0 Å². The SMILES string of the molecule is COc1ccccc1OC(C)CNC(=O)c1c(C)coc1CC(=O)O. The van der Waals surface area contributed by atoms with Gasteiger partial charge < -0.3 is 24.3 Å². The smallest absolute Gasteiger partial charge is 0.311 e. The van der Waals surface area contributed by atoms with Crippen LogP contribution in [-0.2, 0) is 11.2 Å². The Morgan fingerprint density at radius 2 is 1.96 bits per heavy atom. The van der Waals surface area contributed by atoms with Crippen LogP contribution in [0.5, 0.6) is 11.5 Å². The van der Waals surface area contributed by atoms with Gasteiger partial charge in [-0.05, 0) is 26.0 Å². The predicted molar refractivity (Wildman–Crippen MR) is 90.2 cm³/mol. The maximum absolute atomic E-state index is 12.4. The molecule has 2 aromatic rings. The van der Waals surface area contributed by atoms with Crippen molar-refractivity contribution in [1.82, 2.24) is 5.32 Å². The van der Waals surface area contributed by atoms with Crippen molar-refractivity contribution in [1.29, 1.82) is 0 Å². The third-order valence-electron chi connectivity index (χ3n) is 3.54. The van der Waals surface area contributed by atoms with Gasteiger partial charge in [0, 0.05) is 5.56 Å². The lowest BCUT2D eigenvalue weighted by Gasteiger charge is -2.17. The van der Waals surface area contributed by atoms with E-state index in [1.54, 1.807) is 26.2 Å². The van der Waals surface area contributed by atoms with Gasteiger partial charge in [0.2, 0.25) is 0 Å². The van der Waals surface area contributed by atoms with Gasteiger partial charge in [-0.2, -0.15) is 0 Å². The molecule has 7 nitrogen and oxygen atoms in total. The van der Waals surface area contributed by atoms with Crippen molar-refractivity contribution in [3.8, 4) is 11.5 Å². The Kier molecular flexibility index (Phi) is 6.05. The highest BCUT2D eigenvalue weighted by atomic mass is 16.5. The van der Waals surface area contributed by atoms with Gasteiger partial charge in [-0.15, -0.1) is 0 Å². The lowest BCUT2D eigenvalue weighted by molar-refractivity contribution is -0.136. The number of aryl methyl sites for hydroxylation is 1. The molecule has 0 bridgehead atoms. The molecule has 1 heterocycles. The van der Waals surface area contributed by atoms with Crippen molar-refractivity contribution in [3.05, 3.63) is 47.4 Å². The molecule has 1 unspecified atom stereocenters. The van der Waals surface area contributed by atoms with E-state index >= 15 is 0 Å². The number of nitrogens with one attached hydrogen (secondary N) is 1. The zero-order chi connectivity index (χ0) is 18.4. The molecule has 1 aromatic heterocycles. The van der Waals surface area contributed by atoms with Crippen molar-refractivity contribution >= 4 is 11.9 Å². The van der Waals surface area contributed by atoms with Crippen molar-refractivity contribution in [2.75, 3.05) is 13.7 Å². The lowest BCUT2D eigenvalue weighted by Crippen LogP contribution is -2.34. The first-order valence-corrected chi connectivity index (χ1v) is 7.79. The maximum Gasteiger partial charge on any atom is 0.311 e. The van der Waals surface area contributed by atoms with E-state index in [0.29, 0.717) is 17.1 Å². The summed E-state index contributed by atoms with van der Waals surface area (Å²) in [5.41, 5.74) is 0.846. The molecule has 0 radical (unpaired) electrons. The molecular formula is C18H21NO6. The summed E-state index contributed by atoms with van der Waals surface area (Å²) in [5, 5.41) is 11.6. The zero-order valence-electron chi connectivity index (χ0n) is 14.4. The number of hydrogen-bond donors (Lipinski definition) is 2. The molecule has 2 N–H and O–H groups in total. The molecule has 0 aliphatic rings. The van der Waals surface area contributed by atoms with E-state index < -0.39 is 11.9 Å². The number of carbonyl (C=O) groups excluding carboxylic acids is 1. The Labute approximate surface area is 145 Å². The summed E-state index contributed by atoms with van der Waals surface area (Å²) in [5.74, 6) is -0.122. The molecule has 0 saturated carbocycles. The van der Waals surface area contributed by atoms with Gasteiger partial charge in [-0.1, -0.05) is 12.1 Å². The average molecular weight is 347 g/mol. The molecular weight excluding hydrogens is 326 g/mol. The Morgan fingerprint density at radius 3 is 2.60 bits per heavy atom. The van der Waals surface area contributed by atoms with Crippen LogP contribution in [0.1, 0.15) is 28.6 Å². The number of carboxylic acids is 1. The maximum atomic E-state index is 12.4.